The SMILES string of the molecule is Cc1cc(-c2cc(NC(=O)C3CC3)ncc2F)ccc1C(C)NC(=O)c1noc(C(C)(C)C)n1. The Morgan fingerprint density at radius 2 is 1.94 bits per heavy atom. The van der Waals surface area contributed by atoms with Crippen molar-refractivity contribution in [1.29, 1.82) is 0 Å². The van der Waals surface area contributed by atoms with Crippen molar-refractivity contribution in [3.05, 3.63) is 59.1 Å². The standard InChI is InChI=1S/C25H28FN5O3/c1-13-10-16(18-11-20(27-12-19(18)26)29-22(32)15-6-7-15)8-9-17(13)14(2)28-23(33)21-30-24(34-31-21)25(3,4)5/h8-12,14-15H,6-7H2,1-5H3,(H,28,33)(H,27,29,32). The lowest BCUT2D eigenvalue weighted by atomic mass is 9.96. The number of carbonyl (C=O) groups excluding carboxylic acids is 2. The fraction of sp³-hybridized carbons (Fsp3) is 0.400. The van der Waals surface area contributed by atoms with Gasteiger partial charge in [0.05, 0.1) is 12.2 Å². The largest absolute Gasteiger partial charge is 0.343 e. The van der Waals surface area contributed by atoms with Crippen LogP contribution in [-0.2, 0) is 10.2 Å². The molecule has 8 nitrogen and oxygen atoms in total. The van der Waals surface area contributed by atoms with E-state index >= 15 is 0 Å². The van der Waals surface area contributed by atoms with Crippen molar-refractivity contribution in [2.24, 2.45) is 5.92 Å². The van der Waals surface area contributed by atoms with Crippen molar-refractivity contribution in [3.8, 4) is 11.1 Å². The molecule has 1 fully saturated rings. The van der Waals surface area contributed by atoms with Crippen molar-refractivity contribution < 1.29 is 18.5 Å². The van der Waals surface area contributed by atoms with Crippen molar-refractivity contribution in [2.75, 3.05) is 5.32 Å². The first-order valence-electron chi connectivity index (χ1n) is 11.3. The van der Waals surface area contributed by atoms with E-state index in [1.165, 1.54) is 6.07 Å². The van der Waals surface area contributed by atoms with Crippen LogP contribution in [0.25, 0.3) is 11.1 Å². The number of carbonyl (C=O) groups is 2. The second-order valence-electron chi connectivity index (χ2n) is 9.75. The molecule has 2 aromatic heterocycles. The summed E-state index contributed by atoms with van der Waals surface area (Å²) in [5, 5.41) is 9.41. The van der Waals surface area contributed by atoms with Crippen LogP contribution in [0.4, 0.5) is 10.2 Å². The Bertz CT molecular complexity index is 1240. The lowest BCUT2D eigenvalue weighted by molar-refractivity contribution is -0.117. The summed E-state index contributed by atoms with van der Waals surface area (Å²) in [5.41, 5.74) is 2.37. The highest BCUT2D eigenvalue weighted by Crippen LogP contribution is 2.32. The van der Waals surface area contributed by atoms with Crippen LogP contribution in [0.5, 0.6) is 0 Å². The molecule has 0 aliphatic heterocycles. The maximum Gasteiger partial charge on any atom is 0.293 e. The Morgan fingerprint density at radius 1 is 1.21 bits per heavy atom. The van der Waals surface area contributed by atoms with Gasteiger partial charge in [-0.1, -0.05) is 44.1 Å². The third-order valence-electron chi connectivity index (χ3n) is 5.72. The van der Waals surface area contributed by atoms with Crippen molar-refractivity contribution >= 4 is 17.6 Å². The zero-order valence-electron chi connectivity index (χ0n) is 19.9. The molecule has 1 saturated carbocycles. The zero-order valence-corrected chi connectivity index (χ0v) is 19.9. The number of pyridine rings is 1. The predicted molar refractivity (Wildman–Crippen MR) is 125 cm³/mol. The lowest BCUT2D eigenvalue weighted by Crippen LogP contribution is -2.28. The number of rotatable bonds is 6. The summed E-state index contributed by atoms with van der Waals surface area (Å²) in [4.78, 5) is 32.8. The van der Waals surface area contributed by atoms with E-state index in [0.29, 0.717) is 22.8 Å². The van der Waals surface area contributed by atoms with E-state index in [0.717, 1.165) is 30.2 Å². The van der Waals surface area contributed by atoms with Gasteiger partial charge in [-0.25, -0.2) is 9.37 Å². The highest BCUT2D eigenvalue weighted by atomic mass is 19.1. The smallest absolute Gasteiger partial charge is 0.293 e. The van der Waals surface area contributed by atoms with Gasteiger partial charge < -0.3 is 15.2 Å². The van der Waals surface area contributed by atoms with E-state index in [2.05, 4.69) is 25.8 Å². The van der Waals surface area contributed by atoms with Gasteiger partial charge in [0, 0.05) is 16.9 Å². The minimum absolute atomic E-state index is 0.0225. The molecule has 2 amide bonds. The second-order valence-corrected chi connectivity index (χ2v) is 9.75. The second kappa shape index (κ2) is 8.96. The normalized spacial score (nSPS) is 14.5. The minimum Gasteiger partial charge on any atom is -0.343 e. The van der Waals surface area contributed by atoms with Crippen molar-refractivity contribution in [2.45, 2.75) is 58.9 Å². The Kier molecular flexibility index (Phi) is 6.20. The molecule has 3 aromatic rings. The number of nitrogens with zero attached hydrogens (tertiary/aromatic N) is 3. The summed E-state index contributed by atoms with van der Waals surface area (Å²) in [6.07, 6.45) is 2.86. The van der Waals surface area contributed by atoms with Gasteiger partial charge in [-0.2, -0.15) is 4.98 Å². The first-order valence-corrected chi connectivity index (χ1v) is 11.3. The van der Waals surface area contributed by atoms with Crippen LogP contribution in [-0.4, -0.2) is 26.9 Å². The van der Waals surface area contributed by atoms with Gasteiger partial charge in [-0.3, -0.25) is 9.59 Å². The van der Waals surface area contributed by atoms with Gasteiger partial charge >= 0.3 is 0 Å². The number of amides is 2. The number of hydrogen-bond acceptors (Lipinski definition) is 6. The summed E-state index contributed by atoms with van der Waals surface area (Å²) >= 11 is 0. The molecule has 0 bridgehead atoms. The average Bonchev–Trinajstić information content (AvgIpc) is 3.49. The highest BCUT2D eigenvalue weighted by Gasteiger charge is 2.30. The average molecular weight is 466 g/mol. The Hall–Kier alpha value is -3.62. The molecule has 1 unspecified atom stereocenters. The number of nitrogens with one attached hydrogen (secondary N) is 2. The summed E-state index contributed by atoms with van der Waals surface area (Å²) < 4.78 is 19.7. The third kappa shape index (κ3) is 5.13. The van der Waals surface area contributed by atoms with Gasteiger partial charge in [-0.15, -0.1) is 0 Å². The molecule has 1 atom stereocenters. The molecule has 1 aromatic carbocycles. The van der Waals surface area contributed by atoms with Gasteiger partial charge in [0.15, 0.2) is 0 Å². The van der Waals surface area contributed by atoms with Gasteiger partial charge in [0.1, 0.15) is 11.6 Å². The molecular formula is C25H28FN5O3. The van der Waals surface area contributed by atoms with E-state index in [4.69, 9.17) is 4.52 Å². The van der Waals surface area contributed by atoms with Crippen molar-refractivity contribution in [3.63, 3.8) is 0 Å². The fourth-order valence-corrected chi connectivity index (χ4v) is 3.59. The number of halogens is 1. The first kappa shape index (κ1) is 23.5. The third-order valence-corrected chi connectivity index (χ3v) is 5.72. The van der Waals surface area contributed by atoms with Crippen molar-refractivity contribution in [1.82, 2.24) is 20.4 Å². The maximum atomic E-state index is 14.5. The molecule has 0 saturated heterocycles. The quantitative estimate of drug-likeness (QED) is 0.545. The van der Waals surface area contributed by atoms with E-state index in [1.807, 2.05) is 46.8 Å². The molecule has 4 rings (SSSR count). The Morgan fingerprint density at radius 3 is 2.56 bits per heavy atom. The van der Waals surface area contributed by atoms with E-state index in [1.54, 1.807) is 6.07 Å². The number of anilines is 1. The van der Waals surface area contributed by atoms with Crippen LogP contribution in [0, 0.1) is 18.7 Å². The number of aryl methyl sites for hydroxylation is 1. The first-order chi connectivity index (χ1) is 16.0. The molecule has 2 N–H and O–H groups in total. The molecule has 1 aliphatic carbocycles. The molecule has 1 aliphatic rings. The van der Waals surface area contributed by atoms with Gasteiger partial charge in [0.25, 0.3) is 11.7 Å². The summed E-state index contributed by atoms with van der Waals surface area (Å²) in [6.45, 7) is 9.51. The molecule has 178 valence electrons. The van der Waals surface area contributed by atoms with Crippen LogP contribution in [0.3, 0.4) is 0 Å². The minimum atomic E-state index is -0.482. The fourth-order valence-electron chi connectivity index (χ4n) is 3.59. The number of benzene rings is 1. The van der Waals surface area contributed by atoms with Crippen LogP contribution < -0.4 is 10.6 Å². The molecule has 2 heterocycles. The monoisotopic (exact) mass is 465 g/mol. The van der Waals surface area contributed by atoms with E-state index in [9.17, 15) is 14.0 Å². The van der Waals surface area contributed by atoms with Crippen LogP contribution in [0.15, 0.2) is 35.0 Å². The van der Waals surface area contributed by atoms with Gasteiger partial charge in [0.2, 0.25) is 11.8 Å². The Balaban J connectivity index is 1.50. The number of hydrogen-bond donors (Lipinski definition) is 2. The number of aromatic nitrogens is 3. The van der Waals surface area contributed by atoms with Crippen LogP contribution >= 0.6 is 0 Å². The van der Waals surface area contributed by atoms with Gasteiger partial charge in [-0.05, 0) is 49.4 Å². The predicted octanol–water partition coefficient (Wildman–Crippen LogP) is 4.72. The Labute approximate surface area is 197 Å². The van der Waals surface area contributed by atoms with Crippen LogP contribution in [0.2, 0.25) is 0 Å². The summed E-state index contributed by atoms with van der Waals surface area (Å²) in [7, 11) is 0. The molecule has 0 spiro atoms. The van der Waals surface area contributed by atoms with E-state index < -0.39 is 11.7 Å². The molecular weight excluding hydrogens is 437 g/mol. The van der Waals surface area contributed by atoms with E-state index in [-0.39, 0.29) is 29.1 Å². The summed E-state index contributed by atoms with van der Waals surface area (Å²) in [6, 6.07) is 6.66. The molecule has 0 radical (unpaired) electrons. The van der Waals surface area contributed by atoms with Crippen LogP contribution in [0.1, 0.15) is 74.2 Å². The highest BCUT2D eigenvalue weighted by molar-refractivity contribution is 5.93. The topological polar surface area (TPSA) is 110 Å². The lowest BCUT2D eigenvalue weighted by Gasteiger charge is -2.17. The summed E-state index contributed by atoms with van der Waals surface area (Å²) in [5.74, 6) is -0.288. The molecule has 34 heavy (non-hydrogen) atoms. The maximum absolute atomic E-state index is 14.5. The molecule has 9 heteroatoms. The zero-order chi connectivity index (χ0) is 24.6.